The summed E-state index contributed by atoms with van der Waals surface area (Å²) in [6.45, 7) is 4.52. The summed E-state index contributed by atoms with van der Waals surface area (Å²) < 4.78 is 60.8. The van der Waals surface area contributed by atoms with Crippen molar-refractivity contribution < 1.29 is 22.1 Å². The monoisotopic (exact) mass is 447 g/mol. The van der Waals surface area contributed by atoms with Gasteiger partial charge in [-0.25, -0.2) is 13.6 Å². The van der Waals surface area contributed by atoms with Gasteiger partial charge in [0.05, 0.1) is 21.9 Å². The van der Waals surface area contributed by atoms with Gasteiger partial charge >= 0.3 is 5.51 Å². The zero-order valence-corrected chi connectivity index (χ0v) is 17.9. The second-order valence-corrected chi connectivity index (χ2v) is 8.88. The van der Waals surface area contributed by atoms with E-state index in [0.717, 1.165) is 25.7 Å². The Kier molecular flexibility index (Phi) is 7.18. The zero-order chi connectivity index (χ0) is 21.8. The Balaban J connectivity index is 2.38. The normalized spacial score (nSPS) is 13.9. The molecule has 0 aromatic heterocycles. The van der Waals surface area contributed by atoms with Crippen LogP contribution in [0.15, 0.2) is 50.6 Å². The fourth-order valence-electron chi connectivity index (χ4n) is 2.28. The molecule has 0 aliphatic carbocycles. The van der Waals surface area contributed by atoms with E-state index < -0.39 is 20.1 Å². The van der Waals surface area contributed by atoms with Gasteiger partial charge in [0.2, 0.25) is 0 Å². The average molecular weight is 448 g/mol. The number of aliphatic imine (C=N–C) groups is 1. The molecule has 0 aliphatic rings. The second kappa shape index (κ2) is 9.04. The van der Waals surface area contributed by atoms with E-state index in [-0.39, 0.29) is 5.75 Å². The second-order valence-electron chi connectivity index (χ2n) is 6.12. The molecule has 0 N–H and O–H groups in total. The SMILES string of the molecule is CCN(C)/C=N\c1cc(C)c(Oc2cccc(S(=O)(=NC)C(F)(F)F)c2)cc1Cl. The number of hydrogen-bond acceptors (Lipinski definition) is 4. The lowest BCUT2D eigenvalue weighted by atomic mass is 10.2. The third kappa shape index (κ3) is 5.22. The van der Waals surface area contributed by atoms with Crippen LogP contribution >= 0.6 is 11.6 Å². The van der Waals surface area contributed by atoms with Crippen LogP contribution in [-0.2, 0) is 9.73 Å². The van der Waals surface area contributed by atoms with Crippen molar-refractivity contribution in [1.29, 1.82) is 0 Å². The molecule has 0 saturated heterocycles. The average Bonchev–Trinajstić information content (AvgIpc) is 2.67. The Morgan fingerprint density at radius 1 is 1.28 bits per heavy atom. The van der Waals surface area contributed by atoms with Gasteiger partial charge in [0, 0.05) is 26.7 Å². The molecule has 0 heterocycles. The maximum atomic E-state index is 13.2. The van der Waals surface area contributed by atoms with Gasteiger partial charge < -0.3 is 9.64 Å². The van der Waals surface area contributed by atoms with Crippen LogP contribution in [0.2, 0.25) is 5.02 Å². The molecule has 2 rings (SSSR count). The molecular formula is C19H21ClF3N3O2S. The minimum atomic E-state index is -5.00. The van der Waals surface area contributed by atoms with Gasteiger partial charge in [-0.1, -0.05) is 17.7 Å². The number of ether oxygens (including phenoxy) is 1. The number of halogens is 4. The van der Waals surface area contributed by atoms with E-state index in [1.54, 1.807) is 19.3 Å². The minimum Gasteiger partial charge on any atom is -0.457 e. The summed E-state index contributed by atoms with van der Waals surface area (Å²) in [7, 11) is -1.84. The molecule has 29 heavy (non-hydrogen) atoms. The number of alkyl halides is 3. The predicted octanol–water partition coefficient (Wildman–Crippen LogP) is 6.03. The zero-order valence-electron chi connectivity index (χ0n) is 16.3. The van der Waals surface area contributed by atoms with Crippen LogP contribution in [-0.4, -0.2) is 41.6 Å². The van der Waals surface area contributed by atoms with Crippen LogP contribution in [0, 0.1) is 6.92 Å². The first-order chi connectivity index (χ1) is 13.5. The maximum Gasteiger partial charge on any atom is 0.483 e. The molecule has 0 spiro atoms. The fraction of sp³-hybridized carbons (Fsp3) is 0.316. The minimum absolute atomic E-state index is 0.0873. The van der Waals surface area contributed by atoms with Crippen LogP contribution in [0.25, 0.3) is 0 Å². The molecule has 1 atom stereocenters. The topological polar surface area (TPSA) is 54.3 Å². The number of hydrogen-bond donors (Lipinski definition) is 0. The highest BCUT2D eigenvalue weighted by Gasteiger charge is 2.44. The Labute approximate surface area is 173 Å². The first-order valence-corrected chi connectivity index (χ1v) is 10.4. The van der Waals surface area contributed by atoms with Crippen molar-refractivity contribution in [1.82, 2.24) is 4.90 Å². The summed E-state index contributed by atoms with van der Waals surface area (Å²) in [4.78, 5) is 5.71. The number of nitrogens with zero attached hydrogens (tertiary/aromatic N) is 3. The number of rotatable bonds is 6. The van der Waals surface area contributed by atoms with Crippen molar-refractivity contribution in [2.24, 2.45) is 9.36 Å². The smallest absolute Gasteiger partial charge is 0.457 e. The van der Waals surface area contributed by atoms with Crippen LogP contribution in [0.3, 0.4) is 0 Å². The standard InChI is InChI=1S/C19H21ClF3N3O2S/c1-5-26(4)12-25-17-9-13(2)18(11-16(17)20)28-14-7-6-8-15(10-14)29(27,24-3)19(21,22)23/h6-12H,5H2,1-4H3/b25-12-. The molecule has 0 amide bonds. The van der Waals surface area contributed by atoms with E-state index in [1.165, 1.54) is 18.2 Å². The lowest BCUT2D eigenvalue weighted by molar-refractivity contribution is -0.0403. The molecule has 0 radical (unpaired) electrons. The van der Waals surface area contributed by atoms with E-state index >= 15 is 0 Å². The van der Waals surface area contributed by atoms with Crippen molar-refractivity contribution in [3.8, 4) is 11.5 Å². The molecule has 0 fully saturated rings. The molecule has 0 aliphatic heterocycles. The molecule has 5 nitrogen and oxygen atoms in total. The molecule has 2 aromatic rings. The molecule has 0 bridgehead atoms. The predicted molar refractivity (Wildman–Crippen MR) is 110 cm³/mol. The van der Waals surface area contributed by atoms with Gasteiger partial charge in [0.1, 0.15) is 11.5 Å². The fourth-order valence-corrected chi connectivity index (χ4v) is 3.71. The molecular weight excluding hydrogens is 427 g/mol. The van der Waals surface area contributed by atoms with Gasteiger partial charge in [-0.15, -0.1) is 0 Å². The first kappa shape index (κ1) is 23.0. The summed E-state index contributed by atoms with van der Waals surface area (Å²) in [6, 6.07) is 8.22. The Morgan fingerprint density at radius 3 is 2.55 bits per heavy atom. The van der Waals surface area contributed by atoms with Crippen molar-refractivity contribution in [3.05, 3.63) is 47.0 Å². The van der Waals surface area contributed by atoms with Crippen LogP contribution in [0.4, 0.5) is 18.9 Å². The van der Waals surface area contributed by atoms with Gasteiger partial charge in [0.15, 0.2) is 9.73 Å². The highest BCUT2D eigenvalue weighted by molar-refractivity contribution is 7.94. The lowest BCUT2D eigenvalue weighted by Crippen LogP contribution is -2.23. The van der Waals surface area contributed by atoms with E-state index in [9.17, 15) is 17.4 Å². The van der Waals surface area contributed by atoms with Gasteiger partial charge in [0.25, 0.3) is 0 Å². The summed E-state index contributed by atoms with van der Waals surface area (Å²) in [5.41, 5.74) is -3.77. The molecule has 158 valence electrons. The highest BCUT2D eigenvalue weighted by atomic mass is 35.5. The van der Waals surface area contributed by atoms with E-state index in [0.29, 0.717) is 22.0 Å². The first-order valence-electron chi connectivity index (χ1n) is 8.56. The largest absolute Gasteiger partial charge is 0.483 e. The summed E-state index contributed by atoms with van der Waals surface area (Å²) in [5, 5.41) is 0.324. The van der Waals surface area contributed by atoms with E-state index in [4.69, 9.17) is 16.3 Å². The van der Waals surface area contributed by atoms with Gasteiger partial charge in [-0.3, -0.25) is 0 Å². The third-order valence-electron chi connectivity index (χ3n) is 4.06. The summed E-state index contributed by atoms with van der Waals surface area (Å²) in [6.07, 6.45) is 1.65. The van der Waals surface area contributed by atoms with E-state index in [2.05, 4.69) is 9.36 Å². The van der Waals surface area contributed by atoms with Gasteiger partial charge in [-0.05, 0) is 43.7 Å². The number of benzene rings is 2. The Hall–Kier alpha value is -2.26. The Bertz CT molecular complexity index is 1030. The Morgan fingerprint density at radius 2 is 1.97 bits per heavy atom. The van der Waals surface area contributed by atoms with Crippen molar-refractivity contribution in [2.75, 3.05) is 20.6 Å². The van der Waals surface area contributed by atoms with Crippen LogP contribution in [0.1, 0.15) is 12.5 Å². The van der Waals surface area contributed by atoms with Crippen LogP contribution in [0.5, 0.6) is 11.5 Å². The third-order valence-corrected chi connectivity index (χ3v) is 6.40. The quantitative estimate of drug-likeness (QED) is 0.401. The van der Waals surface area contributed by atoms with E-state index in [1.807, 2.05) is 18.9 Å². The van der Waals surface area contributed by atoms with Gasteiger partial charge in [-0.2, -0.15) is 13.2 Å². The van der Waals surface area contributed by atoms with Crippen molar-refractivity contribution >= 4 is 33.4 Å². The van der Waals surface area contributed by atoms with Crippen LogP contribution < -0.4 is 4.74 Å². The molecule has 2 aromatic carbocycles. The van der Waals surface area contributed by atoms with Crippen molar-refractivity contribution in [2.45, 2.75) is 24.3 Å². The maximum absolute atomic E-state index is 13.2. The summed E-state index contributed by atoms with van der Waals surface area (Å²) >= 11 is 6.26. The molecule has 0 saturated carbocycles. The number of aryl methyl sites for hydroxylation is 1. The molecule has 1 unspecified atom stereocenters. The molecule has 10 heteroatoms. The van der Waals surface area contributed by atoms with Crippen molar-refractivity contribution in [3.63, 3.8) is 0 Å². The summed E-state index contributed by atoms with van der Waals surface area (Å²) in [5.74, 6) is 0.436. The highest BCUT2D eigenvalue weighted by Crippen LogP contribution is 2.37. The lowest BCUT2D eigenvalue weighted by Gasteiger charge is -2.15.